The lowest BCUT2D eigenvalue weighted by atomic mass is 10.1. The smallest absolute Gasteiger partial charge is 0.256 e. The first-order chi connectivity index (χ1) is 11.6. The highest BCUT2D eigenvalue weighted by atomic mass is 32.1. The second kappa shape index (κ2) is 9.67. The van der Waals surface area contributed by atoms with E-state index in [2.05, 4.69) is 10.3 Å². The maximum atomic E-state index is 12.2. The molecule has 2 heterocycles. The van der Waals surface area contributed by atoms with Gasteiger partial charge in [0, 0.05) is 22.1 Å². The maximum Gasteiger partial charge on any atom is 0.256 e. The molecule has 0 saturated carbocycles. The summed E-state index contributed by atoms with van der Waals surface area (Å²) in [6.45, 7) is 9.94. The second-order valence-corrected chi connectivity index (χ2v) is 5.60. The molecule has 2 aromatic heterocycles. The van der Waals surface area contributed by atoms with E-state index in [1.165, 1.54) is 0 Å². The van der Waals surface area contributed by atoms with Gasteiger partial charge in [-0.1, -0.05) is 27.7 Å². The summed E-state index contributed by atoms with van der Waals surface area (Å²) >= 11 is 1.56. The van der Waals surface area contributed by atoms with E-state index in [4.69, 9.17) is 5.73 Å². The molecule has 1 aromatic carbocycles. The van der Waals surface area contributed by atoms with Gasteiger partial charge in [0.25, 0.3) is 5.91 Å². The summed E-state index contributed by atoms with van der Waals surface area (Å²) in [6, 6.07) is 9.30. The Bertz CT molecular complexity index is 796. The van der Waals surface area contributed by atoms with Crippen LogP contribution in [0.5, 0.6) is 0 Å². The number of aromatic nitrogens is 1. The number of nitrogen functional groups attached to an aromatic ring is 1. The summed E-state index contributed by atoms with van der Waals surface area (Å²) in [5.41, 5.74) is 7.27. The molecule has 0 bridgehead atoms. The number of carbonyl (C=O) groups excluding carboxylic acids is 1. The molecule has 0 radical (unpaired) electrons. The molecule has 0 atom stereocenters. The number of nitrogens with two attached hydrogens (primary N) is 1. The molecule has 3 N–H and O–H groups in total. The van der Waals surface area contributed by atoms with Crippen LogP contribution in [0, 0.1) is 6.92 Å². The van der Waals surface area contributed by atoms with E-state index in [-0.39, 0.29) is 5.91 Å². The summed E-state index contributed by atoms with van der Waals surface area (Å²) in [4.78, 5) is 17.2. The number of thiophene rings is 1. The number of pyridine rings is 1. The maximum absolute atomic E-state index is 12.2. The molecule has 0 unspecified atom stereocenters. The van der Waals surface area contributed by atoms with Crippen LogP contribution >= 0.6 is 11.3 Å². The van der Waals surface area contributed by atoms with Crippen molar-refractivity contribution in [1.29, 1.82) is 0 Å². The van der Waals surface area contributed by atoms with E-state index in [1.54, 1.807) is 17.5 Å². The summed E-state index contributed by atoms with van der Waals surface area (Å²) < 4.78 is 0. The van der Waals surface area contributed by atoms with Crippen molar-refractivity contribution in [3.8, 4) is 0 Å². The minimum absolute atomic E-state index is 0.0925. The molecular weight excluding hydrogens is 318 g/mol. The van der Waals surface area contributed by atoms with Crippen LogP contribution < -0.4 is 11.1 Å². The van der Waals surface area contributed by atoms with E-state index in [0.29, 0.717) is 11.4 Å². The van der Waals surface area contributed by atoms with Gasteiger partial charge in [0.05, 0.1) is 5.56 Å². The van der Waals surface area contributed by atoms with Crippen LogP contribution in [0.3, 0.4) is 0 Å². The van der Waals surface area contributed by atoms with Crippen molar-refractivity contribution >= 4 is 39.5 Å². The van der Waals surface area contributed by atoms with E-state index >= 15 is 0 Å². The molecule has 1 amide bonds. The number of anilines is 2. The van der Waals surface area contributed by atoms with Gasteiger partial charge in [-0.15, -0.1) is 11.3 Å². The summed E-state index contributed by atoms with van der Waals surface area (Å²) in [5.74, 6) is 0.402. The lowest BCUT2D eigenvalue weighted by molar-refractivity contribution is 0.102. The van der Waals surface area contributed by atoms with Crippen molar-refractivity contribution in [2.24, 2.45) is 0 Å². The minimum atomic E-state index is -0.0925. The zero-order valence-corrected chi connectivity index (χ0v) is 15.7. The third kappa shape index (κ3) is 4.55. The first-order valence-corrected chi connectivity index (χ1v) is 9.03. The highest BCUT2D eigenvalue weighted by Crippen LogP contribution is 2.23. The molecule has 0 aliphatic heterocycles. The third-order valence-electron chi connectivity index (χ3n) is 3.16. The lowest BCUT2D eigenvalue weighted by Crippen LogP contribution is -2.11. The Hall–Kier alpha value is -2.40. The second-order valence-electron chi connectivity index (χ2n) is 4.48. The molecular formula is C19H25N3OS. The zero-order chi connectivity index (χ0) is 18.1. The van der Waals surface area contributed by atoms with Gasteiger partial charge in [0.2, 0.25) is 0 Å². The standard InChI is InChI=1S/C15H13N3OS.2C2H6/c1-9-12(5-7-20-9)15(19)18-11-2-3-13-10(8-11)4-6-17-14(13)16;2*1-2/h2-8H,1H3,(H2,16,17)(H,18,19);2*1-2H3. The molecule has 0 fully saturated rings. The number of amides is 1. The molecule has 0 saturated heterocycles. The van der Waals surface area contributed by atoms with Crippen molar-refractivity contribution in [3.63, 3.8) is 0 Å². The Morgan fingerprint density at radius 3 is 2.46 bits per heavy atom. The van der Waals surface area contributed by atoms with E-state index < -0.39 is 0 Å². The summed E-state index contributed by atoms with van der Waals surface area (Å²) in [7, 11) is 0. The fourth-order valence-corrected chi connectivity index (χ4v) is 2.79. The van der Waals surface area contributed by atoms with Crippen LogP contribution in [0.2, 0.25) is 0 Å². The molecule has 3 aromatic rings. The highest BCUT2D eigenvalue weighted by molar-refractivity contribution is 7.10. The number of fused-ring (bicyclic) bond motifs is 1. The van der Waals surface area contributed by atoms with Crippen LogP contribution in [0.1, 0.15) is 42.9 Å². The predicted octanol–water partition coefficient (Wildman–Crippen LogP) is 5.49. The molecule has 0 aliphatic carbocycles. The van der Waals surface area contributed by atoms with Gasteiger partial charge in [0.1, 0.15) is 5.82 Å². The predicted molar refractivity (Wildman–Crippen MR) is 106 cm³/mol. The number of hydrogen-bond acceptors (Lipinski definition) is 4. The molecule has 4 nitrogen and oxygen atoms in total. The minimum Gasteiger partial charge on any atom is -0.383 e. The fourth-order valence-electron chi connectivity index (χ4n) is 2.10. The molecule has 0 aliphatic rings. The van der Waals surface area contributed by atoms with Crippen molar-refractivity contribution in [2.75, 3.05) is 11.1 Å². The van der Waals surface area contributed by atoms with E-state index in [1.807, 2.05) is 70.3 Å². The Balaban J connectivity index is 0.000000671. The molecule has 24 heavy (non-hydrogen) atoms. The van der Waals surface area contributed by atoms with Crippen molar-refractivity contribution < 1.29 is 4.79 Å². The van der Waals surface area contributed by atoms with Gasteiger partial charge in [-0.05, 0) is 48.0 Å². The van der Waals surface area contributed by atoms with Crippen molar-refractivity contribution in [3.05, 3.63) is 52.3 Å². The van der Waals surface area contributed by atoms with Crippen LogP contribution in [0.25, 0.3) is 10.8 Å². The van der Waals surface area contributed by atoms with Gasteiger partial charge < -0.3 is 11.1 Å². The SMILES string of the molecule is CC.CC.Cc1sccc1C(=O)Nc1ccc2c(N)nccc2c1. The Morgan fingerprint density at radius 1 is 1.12 bits per heavy atom. The van der Waals surface area contributed by atoms with Gasteiger partial charge in [-0.3, -0.25) is 4.79 Å². The van der Waals surface area contributed by atoms with Crippen molar-refractivity contribution in [1.82, 2.24) is 4.98 Å². The molecule has 5 heteroatoms. The lowest BCUT2D eigenvalue weighted by Gasteiger charge is -2.07. The van der Waals surface area contributed by atoms with E-state index in [9.17, 15) is 4.79 Å². The number of hydrogen-bond donors (Lipinski definition) is 2. The molecule has 0 spiro atoms. The third-order valence-corrected chi connectivity index (χ3v) is 4.00. The fraction of sp³-hybridized carbons (Fsp3) is 0.263. The van der Waals surface area contributed by atoms with Gasteiger partial charge >= 0.3 is 0 Å². The van der Waals surface area contributed by atoms with Crippen molar-refractivity contribution in [2.45, 2.75) is 34.6 Å². The quantitative estimate of drug-likeness (QED) is 0.646. The Morgan fingerprint density at radius 2 is 1.83 bits per heavy atom. The molecule has 128 valence electrons. The number of carbonyl (C=O) groups is 1. The summed E-state index contributed by atoms with van der Waals surface area (Å²) in [6.07, 6.45) is 1.66. The van der Waals surface area contributed by atoms with E-state index in [0.717, 1.165) is 21.3 Å². The zero-order valence-electron chi connectivity index (χ0n) is 14.9. The Kier molecular flexibility index (Phi) is 7.92. The van der Waals surface area contributed by atoms with Crippen LogP contribution in [0.4, 0.5) is 11.5 Å². The average Bonchev–Trinajstić information content (AvgIpc) is 3.05. The number of benzene rings is 1. The number of rotatable bonds is 2. The number of nitrogens with one attached hydrogen (secondary N) is 1. The monoisotopic (exact) mass is 343 g/mol. The van der Waals surface area contributed by atoms with Gasteiger partial charge in [-0.2, -0.15) is 0 Å². The largest absolute Gasteiger partial charge is 0.383 e. The average molecular weight is 343 g/mol. The molecule has 3 rings (SSSR count). The highest BCUT2D eigenvalue weighted by Gasteiger charge is 2.10. The topological polar surface area (TPSA) is 68.0 Å². The van der Waals surface area contributed by atoms with Crippen LogP contribution in [-0.2, 0) is 0 Å². The normalized spacial score (nSPS) is 9.38. The van der Waals surface area contributed by atoms with Gasteiger partial charge in [-0.25, -0.2) is 4.98 Å². The first-order valence-electron chi connectivity index (χ1n) is 8.15. The van der Waals surface area contributed by atoms with Gasteiger partial charge in [0.15, 0.2) is 0 Å². The summed E-state index contributed by atoms with van der Waals surface area (Å²) in [5, 5.41) is 6.66. The number of aryl methyl sites for hydroxylation is 1. The van der Waals surface area contributed by atoms with Crippen LogP contribution in [0.15, 0.2) is 41.9 Å². The van der Waals surface area contributed by atoms with Crippen LogP contribution in [-0.4, -0.2) is 10.9 Å². The number of nitrogens with zero attached hydrogens (tertiary/aromatic N) is 1. The Labute approximate surface area is 147 Å². The first kappa shape index (κ1) is 19.6.